The lowest BCUT2D eigenvalue weighted by Gasteiger charge is -2.09. The maximum Gasteiger partial charge on any atom is 0.573 e. The molecule has 2 aromatic rings. The molecule has 0 aliphatic rings. The topological polar surface area (TPSA) is 58.6 Å². The Morgan fingerprint density at radius 2 is 1.82 bits per heavy atom. The second-order valence-electron chi connectivity index (χ2n) is 4.47. The van der Waals surface area contributed by atoms with Crippen LogP contribution in [0.1, 0.15) is 5.56 Å². The second kappa shape index (κ2) is 6.38. The number of amides is 1. The Balaban J connectivity index is 1.94. The standard InChI is InChI=1S/C15H12F3NO3/c16-15(17,18)22-13-6-4-10(5-7-13)8-14(21)19-11-2-1-3-12(20)9-11/h1-7,9,20H,8H2,(H,19,21). The summed E-state index contributed by atoms with van der Waals surface area (Å²) >= 11 is 0. The normalized spacial score (nSPS) is 11.0. The van der Waals surface area contributed by atoms with Gasteiger partial charge in [-0.05, 0) is 29.8 Å². The van der Waals surface area contributed by atoms with Gasteiger partial charge >= 0.3 is 6.36 Å². The van der Waals surface area contributed by atoms with Crippen molar-refractivity contribution in [2.24, 2.45) is 0 Å². The van der Waals surface area contributed by atoms with Crippen molar-refractivity contribution in [2.45, 2.75) is 12.8 Å². The minimum absolute atomic E-state index is 0.0120. The molecule has 0 aliphatic heterocycles. The summed E-state index contributed by atoms with van der Waals surface area (Å²) < 4.78 is 39.8. The summed E-state index contributed by atoms with van der Waals surface area (Å²) in [6, 6.07) is 11.1. The van der Waals surface area contributed by atoms with Gasteiger partial charge in [0.2, 0.25) is 5.91 Å². The van der Waals surface area contributed by atoms with Crippen LogP contribution >= 0.6 is 0 Å². The Morgan fingerprint density at radius 1 is 1.14 bits per heavy atom. The van der Waals surface area contributed by atoms with Crippen molar-refractivity contribution in [3.05, 3.63) is 54.1 Å². The average molecular weight is 311 g/mol. The summed E-state index contributed by atoms with van der Waals surface area (Å²) in [5.41, 5.74) is 0.967. The zero-order valence-corrected chi connectivity index (χ0v) is 11.2. The molecule has 4 nitrogen and oxygen atoms in total. The zero-order chi connectivity index (χ0) is 16.2. The smallest absolute Gasteiger partial charge is 0.508 e. The molecule has 2 rings (SSSR count). The van der Waals surface area contributed by atoms with Gasteiger partial charge in [-0.3, -0.25) is 4.79 Å². The van der Waals surface area contributed by atoms with Crippen molar-refractivity contribution in [2.75, 3.05) is 5.32 Å². The first-order chi connectivity index (χ1) is 10.3. The van der Waals surface area contributed by atoms with Gasteiger partial charge in [-0.2, -0.15) is 0 Å². The Bertz CT molecular complexity index is 654. The van der Waals surface area contributed by atoms with Gasteiger partial charge in [0.25, 0.3) is 0 Å². The van der Waals surface area contributed by atoms with Crippen molar-refractivity contribution in [1.29, 1.82) is 0 Å². The monoisotopic (exact) mass is 311 g/mol. The van der Waals surface area contributed by atoms with E-state index in [0.717, 1.165) is 12.1 Å². The number of alkyl halides is 3. The molecule has 22 heavy (non-hydrogen) atoms. The fourth-order valence-electron chi connectivity index (χ4n) is 1.78. The number of hydrogen-bond donors (Lipinski definition) is 2. The number of benzene rings is 2. The molecule has 0 radical (unpaired) electrons. The summed E-state index contributed by atoms with van der Waals surface area (Å²) in [6.07, 6.45) is -4.75. The lowest BCUT2D eigenvalue weighted by atomic mass is 10.1. The fraction of sp³-hybridized carbons (Fsp3) is 0.133. The van der Waals surface area contributed by atoms with Gasteiger partial charge in [-0.15, -0.1) is 13.2 Å². The first-order valence-electron chi connectivity index (χ1n) is 6.25. The quantitative estimate of drug-likeness (QED) is 0.909. The van der Waals surface area contributed by atoms with E-state index in [4.69, 9.17) is 0 Å². The molecule has 0 aromatic heterocycles. The van der Waals surface area contributed by atoms with E-state index in [-0.39, 0.29) is 23.8 Å². The van der Waals surface area contributed by atoms with Crippen molar-refractivity contribution in [1.82, 2.24) is 0 Å². The molecule has 116 valence electrons. The molecule has 0 heterocycles. The predicted molar refractivity (Wildman–Crippen MR) is 73.6 cm³/mol. The number of anilines is 1. The van der Waals surface area contributed by atoms with E-state index in [1.165, 1.54) is 24.3 Å². The van der Waals surface area contributed by atoms with Gasteiger partial charge in [0.1, 0.15) is 11.5 Å². The van der Waals surface area contributed by atoms with Crippen molar-refractivity contribution in [3.8, 4) is 11.5 Å². The van der Waals surface area contributed by atoms with Crippen LogP contribution in [0, 0.1) is 0 Å². The van der Waals surface area contributed by atoms with E-state index in [0.29, 0.717) is 11.3 Å². The fourth-order valence-corrected chi connectivity index (χ4v) is 1.78. The third-order valence-corrected chi connectivity index (χ3v) is 2.65. The van der Waals surface area contributed by atoms with E-state index >= 15 is 0 Å². The van der Waals surface area contributed by atoms with E-state index < -0.39 is 6.36 Å². The van der Waals surface area contributed by atoms with Crippen LogP contribution in [0.2, 0.25) is 0 Å². The Hall–Kier alpha value is -2.70. The number of hydrogen-bond acceptors (Lipinski definition) is 3. The Morgan fingerprint density at radius 3 is 2.41 bits per heavy atom. The maximum atomic E-state index is 12.0. The van der Waals surface area contributed by atoms with Crippen molar-refractivity contribution in [3.63, 3.8) is 0 Å². The number of ether oxygens (including phenoxy) is 1. The van der Waals surface area contributed by atoms with Gasteiger partial charge in [-0.1, -0.05) is 18.2 Å². The van der Waals surface area contributed by atoms with Crippen LogP contribution in [0.5, 0.6) is 11.5 Å². The predicted octanol–water partition coefficient (Wildman–Crippen LogP) is 3.47. The highest BCUT2D eigenvalue weighted by Gasteiger charge is 2.30. The number of halogens is 3. The third kappa shape index (κ3) is 5.01. The number of phenols is 1. The molecule has 7 heteroatoms. The minimum atomic E-state index is -4.74. The third-order valence-electron chi connectivity index (χ3n) is 2.65. The summed E-state index contributed by atoms with van der Waals surface area (Å²) in [5.74, 6) is -0.675. The maximum absolute atomic E-state index is 12.0. The van der Waals surface area contributed by atoms with Crippen molar-refractivity contribution < 1.29 is 27.8 Å². The highest BCUT2D eigenvalue weighted by Crippen LogP contribution is 2.23. The Labute approximate surface area is 124 Å². The molecule has 0 unspecified atom stereocenters. The summed E-state index contributed by atoms with van der Waals surface area (Å²) in [5, 5.41) is 11.9. The number of nitrogens with one attached hydrogen (secondary N) is 1. The van der Waals surface area contributed by atoms with Crippen LogP contribution in [0.4, 0.5) is 18.9 Å². The van der Waals surface area contributed by atoms with Crippen LogP contribution in [-0.2, 0) is 11.2 Å². The zero-order valence-electron chi connectivity index (χ0n) is 11.2. The SMILES string of the molecule is O=C(Cc1ccc(OC(F)(F)F)cc1)Nc1cccc(O)c1. The van der Waals surface area contributed by atoms with Crippen molar-refractivity contribution >= 4 is 11.6 Å². The molecular weight excluding hydrogens is 299 g/mol. The first kappa shape index (κ1) is 15.7. The van der Waals surface area contributed by atoms with Crippen LogP contribution in [0.25, 0.3) is 0 Å². The number of phenolic OH excluding ortho intramolecular Hbond substituents is 1. The molecule has 1 amide bonds. The summed E-state index contributed by atoms with van der Waals surface area (Å²) in [6.45, 7) is 0. The van der Waals surface area contributed by atoms with Crippen LogP contribution < -0.4 is 10.1 Å². The second-order valence-corrected chi connectivity index (χ2v) is 4.47. The number of carbonyl (C=O) groups excluding carboxylic acids is 1. The first-order valence-corrected chi connectivity index (χ1v) is 6.25. The minimum Gasteiger partial charge on any atom is -0.508 e. The molecule has 0 aliphatic carbocycles. The van der Waals surface area contributed by atoms with Crippen LogP contribution in [0.3, 0.4) is 0 Å². The largest absolute Gasteiger partial charge is 0.573 e. The molecule has 0 spiro atoms. The number of aromatic hydroxyl groups is 1. The molecule has 0 bridgehead atoms. The van der Waals surface area contributed by atoms with Gasteiger partial charge in [0.15, 0.2) is 0 Å². The summed E-state index contributed by atoms with van der Waals surface area (Å²) in [4.78, 5) is 11.8. The molecule has 0 saturated carbocycles. The summed E-state index contributed by atoms with van der Waals surface area (Å²) in [7, 11) is 0. The van der Waals surface area contributed by atoms with E-state index in [9.17, 15) is 23.1 Å². The van der Waals surface area contributed by atoms with E-state index in [1.807, 2.05) is 0 Å². The molecule has 2 N–H and O–H groups in total. The van der Waals surface area contributed by atoms with Crippen LogP contribution in [0.15, 0.2) is 48.5 Å². The average Bonchev–Trinajstić information content (AvgIpc) is 2.39. The number of carbonyl (C=O) groups is 1. The highest BCUT2D eigenvalue weighted by atomic mass is 19.4. The van der Waals surface area contributed by atoms with E-state index in [1.54, 1.807) is 12.1 Å². The van der Waals surface area contributed by atoms with Gasteiger partial charge < -0.3 is 15.2 Å². The van der Waals surface area contributed by atoms with Gasteiger partial charge in [-0.25, -0.2) is 0 Å². The van der Waals surface area contributed by atoms with Gasteiger partial charge in [0.05, 0.1) is 6.42 Å². The molecule has 0 saturated heterocycles. The van der Waals surface area contributed by atoms with E-state index in [2.05, 4.69) is 10.1 Å². The lowest BCUT2D eigenvalue weighted by molar-refractivity contribution is -0.274. The molecule has 0 atom stereocenters. The van der Waals surface area contributed by atoms with Gasteiger partial charge in [0, 0.05) is 11.8 Å². The highest BCUT2D eigenvalue weighted by molar-refractivity contribution is 5.92. The van der Waals surface area contributed by atoms with Crippen LogP contribution in [-0.4, -0.2) is 17.4 Å². The molecular formula is C15H12F3NO3. The number of rotatable bonds is 4. The lowest BCUT2D eigenvalue weighted by Crippen LogP contribution is -2.17. The molecule has 0 fully saturated rings. The Kier molecular flexibility index (Phi) is 4.55. The molecule has 2 aromatic carbocycles.